The van der Waals surface area contributed by atoms with Gasteiger partial charge >= 0.3 is 5.97 Å². The molecule has 0 bridgehead atoms. The number of ether oxygens (including phenoxy) is 1. The van der Waals surface area contributed by atoms with Crippen molar-refractivity contribution >= 4 is 41.1 Å². The number of carbonyl (C=O) groups excluding carboxylic acids is 1. The summed E-state index contributed by atoms with van der Waals surface area (Å²) in [5, 5.41) is 0.898. The molecule has 0 aromatic heterocycles. The lowest BCUT2D eigenvalue weighted by molar-refractivity contribution is -0.129. The number of carbonyl (C=O) groups is 1. The lowest BCUT2D eigenvalue weighted by Gasteiger charge is -1.98. The van der Waals surface area contributed by atoms with Crippen LogP contribution in [0.15, 0.2) is 53.2 Å². The van der Waals surface area contributed by atoms with Crippen molar-refractivity contribution in [2.45, 2.75) is 0 Å². The number of hydrogen-bond acceptors (Lipinski definition) is 3. The summed E-state index contributed by atoms with van der Waals surface area (Å²) in [6.45, 7) is 0. The van der Waals surface area contributed by atoms with Crippen molar-refractivity contribution in [1.29, 1.82) is 0 Å². The molecule has 1 aliphatic rings. The second kappa shape index (κ2) is 5.91. The van der Waals surface area contributed by atoms with Crippen LogP contribution >= 0.6 is 23.2 Å². The Labute approximate surface area is 135 Å². The van der Waals surface area contributed by atoms with Crippen molar-refractivity contribution in [3.05, 3.63) is 75.2 Å². The maximum Gasteiger partial charge on any atom is 0.363 e. The van der Waals surface area contributed by atoms with Crippen LogP contribution in [0.2, 0.25) is 10.0 Å². The van der Waals surface area contributed by atoms with Gasteiger partial charge in [-0.1, -0.05) is 29.3 Å². The molecule has 110 valence electrons. The van der Waals surface area contributed by atoms with Crippen LogP contribution in [0.1, 0.15) is 11.1 Å². The normalized spacial score (nSPS) is 15.9. The van der Waals surface area contributed by atoms with E-state index in [1.165, 1.54) is 30.3 Å². The molecule has 0 amide bonds. The number of hydrogen-bond donors (Lipinski definition) is 0. The van der Waals surface area contributed by atoms with E-state index in [1.807, 2.05) is 0 Å². The van der Waals surface area contributed by atoms with Crippen molar-refractivity contribution < 1.29 is 13.9 Å². The molecule has 0 N–H and O–H groups in total. The largest absolute Gasteiger partial charge is 0.402 e. The molecule has 1 heterocycles. The average molecular weight is 336 g/mol. The number of benzene rings is 2. The molecule has 0 saturated heterocycles. The number of cyclic esters (lactones) is 1. The summed E-state index contributed by atoms with van der Waals surface area (Å²) in [7, 11) is 0. The molecule has 3 nitrogen and oxygen atoms in total. The Kier molecular flexibility index (Phi) is 3.96. The van der Waals surface area contributed by atoms with E-state index >= 15 is 0 Å². The number of halogens is 3. The fraction of sp³-hybridized carbons (Fsp3) is 0. The highest BCUT2D eigenvalue weighted by molar-refractivity contribution is 6.35. The van der Waals surface area contributed by atoms with Crippen molar-refractivity contribution in [3.8, 4) is 0 Å². The molecule has 6 heteroatoms. The minimum absolute atomic E-state index is 0.114. The van der Waals surface area contributed by atoms with E-state index in [4.69, 9.17) is 27.9 Å². The van der Waals surface area contributed by atoms with Gasteiger partial charge in [-0.2, -0.15) is 0 Å². The standard InChI is InChI=1S/C16H8Cl2FNO2/c17-11-4-1-10(13(18)8-11)7-14-16(21)22-15(20-14)9-2-5-12(19)6-3-9/h1-8H. The van der Waals surface area contributed by atoms with Crippen LogP contribution in [0, 0.1) is 5.82 Å². The van der Waals surface area contributed by atoms with Gasteiger partial charge in [0.25, 0.3) is 0 Å². The Morgan fingerprint density at radius 3 is 2.50 bits per heavy atom. The van der Waals surface area contributed by atoms with Gasteiger partial charge < -0.3 is 4.74 Å². The number of rotatable bonds is 2. The highest BCUT2D eigenvalue weighted by Crippen LogP contribution is 2.25. The number of esters is 1. The second-order valence-electron chi connectivity index (χ2n) is 4.51. The molecule has 1 aliphatic heterocycles. The third-order valence-electron chi connectivity index (χ3n) is 2.97. The summed E-state index contributed by atoms with van der Waals surface area (Å²) in [4.78, 5) is 16.0. The van der Waals surface area contributed by atoms with E-state index in [1.54, 1.807) is 18.2 Å². The first-order chi connectivity index (χ1) is 10.5. The SMILES string of the molecule is O=C1OC(c2ccc(F)cc2)=NC1=Cc1ccc(Cl)cc1Cl. The molecule has 2 aromatic carbocycles. The summed E-state index contributed by atoms with van der Waals surface area (Å²) >= 11 is 11.9. The monoisotopic (exact) mass is 335 g/mol. The molecule has 22 heavy (non-hydrogen) atoms. The topological polar surface area (TPSA) is 38.7 Å². The second-order valence-corrected chi connectivity index (χ2v) is 5.35. The Hall–Kier alpha value is -2.17. The maximum atomic E-state index is 12.9. The Morgan fingerprint density at radius 1 is 1.09 bits per heavy atom. The molecule has 0 spiro atoms. The van der Waals surface area contributed by atoms with E-state index in [0.29, 0.717) is 21.2 Å². The molecule has 0 saturated carbocycles. The molecule has 3 rings (SSSR count). The molecule has 0 fully saturated rings. The summed E-state index contributed by atoms with van der Waals surface area (Å²) in [5.74, 6) is -0.843. The van der Waals surface area contributed by atoms with Gasteiger partial charge in [0.1, 0.15) is 5.82 Å². The van der Waals surface area contributed by atoms with E-state index in [9.17, 15) is 9.18 Å². The summed E-state index contributed by atoms with van der Waals surface area (Å²) in [5.41, 5.74) is 1.23. The van der Waals surface area contributed by atoms with Gasteiger partial charge in [-0.25, -0.2) is 14.2 Å². The van der Waals surface area contributed by atoms with Crippen LogP contribution < -0.4 is 0 Å². The lowest BCUT2D eigenvalue weighted by atomic mass is 10.2. The van der Waals surface area contributed by atoms with Crippen molar-refractivity contribution in [2.75, 3.05) is 0 Å². The van der Waals surface area contributed by atoms with E-state index in [0.717, 1.165) is 0 Å². The first-order valence-electron chi connectivity index (χ1n) is 6.26. The van der Waals surface area contributed by atoms with E-state index in [-0.39, 0.29) is 17.4 Å². The van der Waals surface area contributed by atoms with Gasteiger partial charge in [0.2, 0.25) is 5.90 Å². The summed E-state index contributed by atoms with van der Waals surface area (Å²) in [6.07, 6.45) is 1.51. The van der Waals surface area contributed by atoms with Gasteiger partial charge in [-0.15, -0.1) is 0 Å². The van der Waals surface area contributed by atoms with Gasteiger partial charge in [0, 0.05) is 15.6 Å². The zero-order chi connectivity index (χ0) is 15.7. The summed E-state index contributed by atoms with van der Waals surface area (Å²) in [6, 6.07) is 10.4. The zero-order valence-corrected chi connectivity index (χ0v) is 12.5. The Morgan fingerprint density at radius 2 is 1.82 bits per heavy atom. The first-order valence-corrected chi connectivity index (χ1v) is 7.02. The van der Waals surface area contributed by atoms with E-state index in [2.05, 4.69) is 4.99 Å². The fourth-order valence-corrected chi connectivity index (χ4v) is 2.35. The smallest absolute Gasteiger partial charge is 0.363 e. The van der Waals surface area contributed by atoms with Crippen LogP contribution in [0.4, 0.5) is 4.39 Å². The molecule has 0 aliphatic carbocycles. The number of aliphatic imine (C=N–C) groups is 1. The number of nitrogens with zero attached hydrogens (tertiary/aromatic N) is 1. The van der Waals surface area contributed by atoms with Crippen molar-refractivity contribution in [2.24, 2.45) is 4.99 Å². The minimum atomic E-state index is -0.592. The minimum Gasteiger partial charge on any atom is -0.402 e. The van der Waals surface area contributed by atoms with Crippen LogP contribution in [-0.2, 0) is 9.53 Å². The van der Waals surface area contributed by atoms with Crippen molar-refractivity contribution in [3.63, 3.8) is 0 Å². The van der Waals surface area contributed by atoms with Gasteiger partial charge in [0.15, 0.2) is 5.70 Å². The van der Waals surface area contributed by atoms with Crippen LogP contribution in [0.5, 0.6) is 0 Å². The molecule has 0 unspecified atom stereocenters. The van der Waals surface area contributed by atoms with Crippen LogP contribution in [0.25, 0.3) is 6.08 Å². The Balaban J connectivity index is 1.95. The molecular formula is C16H8Cl2FNO2. The van der Waals surface area contributed by atoms with Crippen molar-refractivity contribution in [1.82, 2.24) is 0 Å². The third kappa shape index (κ3) is 3.03. The quantitative estimate of drug-likeness (QED) is 0.599. The highest BCUT2D eigenvalue weighted by Gasteiger charge is 2.24. The lowest BCUT2D eigenvalue weighted by Crippen LogP contribution is -2.05. The van der Waals surface area contributed by atoms with Gasteiger partial charge in [-0.05, 0) is 48.0 Å². The summed E-state index contributed by atoms with van der Waals surface area (Å²) < 4.78 is 18.0. The Bertz CT molecular complexity index is 813. The fourth-order valence-electron chi connectivity index (χ4n) is 1.89. The highest BCUT2D eigenvalue weighted by atomic mass is 35.5. The predicted octanol–water partition coefficient (Wildman–Crippen LogP) is 4.48. The van der Waals surface area contributed by atoms with Gasteiger partial charge in [0.05, 0.1) is 0 Å². The van der Waals surface area contributed by atoms with Gasteiger partial charge in [-0.3, -0.25) is 0 Å². The molecular weight excluding hydrogens is 328 g/mol. The first kappa shape index (κ1) is 14.8. The predicted molar refractivity (Wildman–Crippen MR) is 83.5 cm³/mol. The van der Waals surface area contributed by atoms with E-state index < -0.39 is 5.97 Å². The molecule has 0 atom stereocenters. The molecule has 0 radical (unpaired) electrons. The maximum absolute atomic E-state index is 12.9. The average Bonchev–Trinajstić information content (AvgIpc) is 2.84. The van der Waals surface area contributed by atoms with Crippen LogP contribution in [-0.4, -0.2) is 11.9 Å². The van der Waals surface area contributed by atoms with Crippen LogP contribution in [0.3, 0.4) is 0 Å². The zero-order valence-electron chi connectivity index (χ0n) is 11.0. The molecule has 2 aromatic rings. The third-order valence-corrected chi connectivity index (χ3v) is 3.53.